The van der Waals surface area contributed by atoms with Crippen molar-refractivity contribution in [3.8, 4) is 0 Å². The van der Waals surface area contributed by atoms with E-state index in [1.807, 2.05) is 6.07 Å². The summed E-state index contributed by atoms with van der Waals surface area (Å²) in [6.45, 7) is 3.38. The van der Waals surface area contributed by atoms with Crippen LogP contribution in [-0.4, -0.2) is 28.5 Å². The number of hydrogen-bond acceptors (Lipinski definition) is 4. The summed E-state index contributed by atoms with van der Waals surface area (Å²) in [5, 5.41) is 14.5. The highest BCUT2D eigenvalue weighted by atomic mass is 32.1. The van der Waals surface area contributed by atoms with E-state index in [1.54, 1.807) is 23.5 Å². The van der Waals surface area contributed by atoms with Gasteiger partial charge in [-0.25, -0.2) is 0 Å². The maximum Gasteiger partial charge on any atom is 0.278 e. The summed E-state index contributed by atoms with van der Waals surface area (Å²) in [6, 6.07) is 6.79. The van der Waals surface area contributed by atoms with Crippen LogP contribution in [0.1, 0.15) is 44.1 Å². The fraction of sp³-hybridized carbons (Fsp3) is 0.529. The van der Waals surface area contributed by atoms with Crippen LogP contribution in [0.5, 0.6) is 0 Å². The molecule has 0 N–H and O–H groups in total. The van der Waals surface area contributed by atoms with Crippen molar-refractivity contribution in [2.24, 2.45) is 0 Å². The molecule has 0 radical (unpaired) electrons. The van der Waals surface area contributed by atoms with Crippen LogP contribution in [0.3, 0.4) is 0 Å². The highest BCUT2D eigenvalue weighted by molar-refractivity contribution is 7.17. The molecule has 2 unspecified atom stereocenters. The molecule has 2 aliphatic rings. The quantitative estimate of drug-likeness (QED) is 0.617. The first-order valence-corrected chi connectivity index (χ1v) is 8.97. The van der Waals surface area contributed by atoms with Crippen LogP contribution in [0, 0.1) is 10.1 Å². The number of hydrogen-bond donors (Lipinski definition) is 0. The van der Waals surface area contributed by atoms with E-state index in [-0.39, 0.29) is 10.6 Å². The zero-order chi connectivity index (χ0) is 15.3. The lowest BCUT2D eigenvalue weighted by Crippen LogP contribution is -2.41. The summed E-state index contributed by atoms with van der Waals surface area (Å²) in [5.74, 6) is 0.482. The molecule has 2 fully saturated rings. The number of piperidine rings is 1. The van der Waals surface area contributed by atoms with Crippen LogP contribution >= 0.6 is 11.3 Å². The average Bonchev–Trinajstić information content (AvgIpc) is 3.05. The molecule has 116 valence electrons. The van der Waals surface area contributed by atoms with E-state index in [1.165, 1.54) is 18.4 Å². The van der Waals surface area contributed by atoms with Crippen molar-refractivity contribution in [3.63, 3.8) is 0 Å². The minimum atomic E-state index is -0.228. The van der Waals surface area contributed by atoms with Gasteiger partial charge in [0.2, 0.25) is 0 Å². The highest BCUT2D eigenvalue weighted by Gasteiger charge is 2.41. The molecule has 1 aromatic carbocycles. The van der Waals surface area contributed by atoms with Crippen molar-refractivity contribution in [2.75, 3.05) is 6.54 Å². The third-order valence-corrected chi connectivity index (χ3v) is 6.46. The molecule has 22 heavy (non-hydrogen) atoms. The van der Waals surface area contributed by atoms with Gasteiger partial charge in [0.15, 0.2) is 0 Å². The normalized spacial score (nSPS) is 28.3. The van der Waals surface area contributed by atoms with Crippen LogP contribution in [0.2, 0.25) is 0 Å². The molecule has 0 aliphatic carbocycles. The Morgan fingerprint density at radius 2 is 2.05 bits per heavy atom. The summed E-state index contributed by atoms with van der Waals surface area (Å²) in [7, 11) is 0. The smallest absolute Gasteiger partial charge is 0.278 e. The molecular formula is C17H20N2O2S. The Morgan fingerprint density at radius 1 is 1.32 bits per heavy atom. The number of nitro groups is 1. The van der Waals surface area contributed by atoms with Crippen molar-refractivity contribution in [1.29, 1.82) is 0 Å². The molecule has 5 heteroatoms. The lowest BCUT2D eigenvalue weighted by atomic mass is 9.84. The fourth-order valence-corrected chi connectivity index (χ4v) is 5.65. The van der Waals surface area contributed by atoms with Gasteiger partial charge in [-0.1, -0.05) is 13.0 Å². The van der Waals surface area contributed by atoms with Crippen molar-refractivity contribution < 1.29 is 4.92 Å². The molecule has 0 amide bonds. The summed E-state index contributed by atoms with van der Waals surface area (Å²) in [5.41, 5.74) is 1.50. The highest BCUT2D eigenvalue weighted by Crippen LogP contribution is 2.47. The Morgan fingerprint density at radius 3 is 2.68 bits per heavy atom. The van der Waals surface area contributed by atoms with E-state index in [4.69, 9.17) is 0 Å². The zero-order valence-electron chi connectivity index (χ0n) is 12.7. The monoisotopic (exact) mass is 316 g/mol. The summed E-state index contributed by atoms with van der Waals surface area (Å²) in [6.07, 6.45) is 4.89. The molecule has 2 saturated heterocycles. The van der Waals surface area contributed by atoms with Crippen molar-refractivity contribution in [3.05, 3.63) is 39.3 Å². The van der Waals surface area contributed by atoms with E-state index in [2.05, 4.69) is 17.2 Å². The van der Waals surface area contributed by atoms with Crippen LogP contribution < -0.4 is 0 Å². The molecule has 2 atom stereocenters. The molecule has 4 rings (SSSR count). The van der Waals surface area contributed by atoms with Gasteiger partial charge >= 0.3 is 0 Å². The third-order valence-electron chi connectivity index (χ3n) is 5.49. The largest absolute Gasteiger partial charge is 0.298 e. The molecule has 0 spiro atoms. The van der Waals surface area contributed by atoms with E-state index in [0.717, 1.165) is 29.5 Å². The van der Waals surface area contributed by atoms with Crippen molar-refractivity contribution >= 4 is 27.1 Å². The van der Waals surface area contributed by atoms with Gasteiger partial charge in [-0.05, 0) is 55.2 Å². The van der Waals surface area contributed by atoms with Gasteiger partial charge in [0.05, 0.1) is 10.3 Å². The van der Waals surface area contributed by atoms with Gasteiger partial charge in [-0.3, -0.25) is 15.0 Å². The minimum absolute atomic E-state index is 0.228. The van der Waals surface area contributed by atoms with E-state index in [9.17, 15) is 10.1 Å². The number of non-ortho nitro benzene ring substituents is 1. The fourth-order valence-electron chi connectivity index (χ4n) is 4.59. The molecular weight excluding hydrogens is 296 g/mol. The average molecular weight is 316 g/mol. The van der Waals surface area contributed by atoms with Crippen molar-refractivity contribution in [2.45, 2.75) is 50.6 Å². The zero-order valence-corrected chi connectivity index (χ0v) is 13.5. The lowest BCUT2D eigenvalue weighted by Gasteiger charge is -2.38. The Kier molecular flexibility index (Phi) is 3.42. The van der Waals surface area contributed by atoms with Crippen molar-refractivity contribution in [1.82, 2.24) is 4.90 Å². The molecule has 4 nitrogen and oxygen atoms in total. The van der Waals surface area contributed by atoms with Crippen LogP contribution in [-0.2, 0) is 0 Å². The number of nitrogens with zero attached hydrogens (tertiary/aromatic N) is 2. The number of fused-ring (bicyclic) bond motifs is 3. The first-order valence-electron chi connectivity index (χ1n) is 8.09. The van der Waals surface area contributed by atoms with Gasteiger partial charge in [0, 0.05) is 22.8 Å². The second kappa shape index (κ2) is 5.32. The van der Waals surface area contributed by atoms with Gasteiger partial charge in [0.25, 0.3) is 5.69 Å². The lowest BCUT2D eigenvalue weighted by molar-refractivity contribution is -0.383. The standard InChI is InChI=1S/C17H20N2O2S/c1-2-18-12-6-7-13(18)9-11(8-12)14-10-22-16-5-3-4-15(17(14)16)19(20)21/h3-5,10-13H,2,6-9H2,1H3. The summed E-state index contributed by atoms with van der Waals surface area (Å²) < 4.78 is 1.05. The van der Waals surface area contributed by atoms with Gasteiger partial charge < -0.3 is 0 Å². The van der Waals surface area contributed by atoms with E-state index < -0.39 is 0 Å². The second-order valence-electron chi connectivity index (χ2n) is 6.48. The molecule has 0 saturated carbocycles. The molecule has 3 heterocycles. The number of thiophene rings is 1. The first kappa shape index (κ1) is 14.2. The van der Waals surface area contributed by atoms with Crippen LogP contribution in [0.15, 0.2) is 23.6 Å². The Balaban J connectivity index is 1.75. The Bertz CT molecular complexity index is 713. The minimum Gasteiger partial charge on any atom is -0.298 e. The summed E-state index contributed by atoms with van der Waals surface area (Å²) in [4.78, 5) is 13.8. The number of nitro benzene ring substituents is 1. The van der Waals surface area contributed by atoms with Gasteiger partial charge in [-0.2, -0.15) is 0 Å². The maximum absolute atomic E-state index is 11.4. The number of rotatable bonds is 3. The van der Waals surface area contributed by atoms with E-state index >= 15 is 0 Å². The van der Waals surface area contributed by atoms with E-state index in [0.29, 0.717) is 18.0 Å². The molecule has 2 aromatic rings. The number of benzene rings is 1. The Hall–Kier alpha value is -1.46. The third kappa shape index (κ3) is 2.07. The Labute approximate surface area is 133 Å². The topological polar surface area (TPSA) is 46.4 Å². The van der Waals surface area contributed by atoms with Crippen LogP contribution in [0.25, 0.3) is 10.1 Å². The second-order valence-corrected chi connectivity index (χ2v) is 7.39. The van der Waals surface area contributed by atoms with Gasteiger partial charge in [-0.15, -0.1) is 11.3 Å². The molecule has 2 bridgehead atoms. The van der Waals surface area contributed by atoms with Gasteiger partial charge in [0.1, 0.15) is 0 Å². The maximum atomic E-state index is 11.4. The molecule has 1 aromatic heterocycles. The SMILES string of the molecule is CCN1C2CCC1CC(c1csc3cccc([N+](=O)[O-])c13)C2. The summed E-state index contributed by atoms with van der Waals surface area (Å²) >= 11 is 1.65. The predicted octanol–water partition coefficient (Wildman–Crippen LogP) is 4.54. The van der Waals surface area contributed by atoms with Crippen LogP contribution in [0.4, 0.5) is 5.69 Å². The predicted molar refractivity (Wildman–Crippen MR) is 89.6 cm³/mol. The first-order chi connectivity index (χ1) is 10.7. The molecule has 2 aliphatic heterocycles.